The van der Waals surface area contributed by atoms with Crippen LogP contribution < -0.4 is 5.32 Å². The van der Waals surface area contributed by atoms with Crippen LogP contribution >= 0.6 is 0 Å². The normalized spacial score (nSPS) is 11.5. The molecular formula is C27H26N4O. The van der Waals surface area contributed by atoms with E-state index in [1.807, 2.05) is 36.4 Å². The molecule has 0 atom stereocenters. The number of nitrogens with one attached hydrogen (secondary N) is 1. The summed E-state index contributed by atoms with van der Waals surface area (Å²) in [6.07, 6.45) is 1.02. The number of nitrogens with zero attached hydrogens (tertiary/aromatic N) is 3. The minimum absolute atomic E-state index is 0.590. The van der Waals surface area contributed by atoms with Crippen LogP contribution in [0.4, 0.5) is 5.82 Å². The summed E-state index contributed by atoms with van der Waals surface area (Å²) < 4.78 is 6.10. The van der Waals surface area contributed by atoms with Crippen molar-refractivity contribution in [3.8, 4) is 22.7 Å². The molecule has 0 amide bonds. The monoisotopic (exact) mass is 422 g/mol. The standard InChI is InChI=1S/C27H26N4O/c1-31(2)17-9-16-28-26-22-14-8-13-21(19-10-4-3-5-11-19)25(22)29-27(30-26)24-18-20-12-6-7-15-23(20)32-24/h3-8,10-15,18H,9,16-17H2,1-2H3,(H,28,29,30). The van der Waals surface area contributed by atoms with Gasteiger partial charge in [-0.2, -0.15) is 0 Å². The van der Waals surface area contributed by atoms with Gasteiger partial charge in [0, 0.05) is 22.9 Å². The molecule has 0 aliphatic rings. The molecule has 0 fully saturated rings. The van der Waals surface area contributed by atoms with Crippen LogP contribution in [0, 0.1) is 0 Å². The Hall–Kier alpha value is -3.70. The summed E-state index contributed by atoms with van der Waals surface area (Å²) in [5.74, 6) is 2.10. The van der Waals surface area contributed by atoms with E-state index in [2.05, 4.69) is 66.8 Å². The minimum Gasteiger partial charge on any atom is -0.453 e. The molecule has 2 heterocycles. The lowest BCUT2D eigenvalue weighted by Gasteiger charge is -2.14. The highest BCUT2D eigenvalue weighted by Gasteiger charge is 2.16. The van der Waals surface area contributed by atoms with E-state index in [4.69, 9.17) is 14.4 Å². The molecule has 0 saturated heterocycles. The van der Waals surface area contributed by atoms with Crippen LogP contribution in [0.15, 0.2) is 83.3 Å². The Balaban J connectivity index is 1.64. The Kier molecular flexibility index (Phi) is 5.57. The lowest BCUT2D eigenvalue weighted by Crippen LogP contribution is -2.17. The van der Waals surface area contributed by atoms with Crippen molar-refractivity contribution in [3.05, 3.63) is 78.9 Å². The van der Waals surface area contributed by atoms with Crippen molar-refractivity contribution < 1.29 is 4.42 Å². The predicted molar refractivity (Wildman–Crippen MR) is 132 cm³/mol. The molecule has 5 nitrogen and oxygen atoms in total. The van der Waals surface area contributed by atoms with Gasteiger partial charge < -0.3 is 14.6 Å². The van der Waals surface area contributed by atoms with Crippen molar-refractivity contribution in [3.63, 3.8) is 0 Å². The summed E-state index contributed by atoms with van der Waals surface area (Å²) in [6.45, 7) is 1.85. The molecule has 2 aromatic heterocycles. The van der Waals surface area contributed by atoms with Crippen molar-refractivity contribution in [1.29, 1.82) is 0 Å². The van der Waals surface area contributed by atoms with Crippen LogP contribution in [0.2, 0.25) is 0 Å². The Labute approximate surface area is 187 Å². The second-order valence-corrected chi connectivity index (χ2v) is 8.20. The number of para-hydroxylation sites is 2. The number of aromatic nitrogens is 2. The van der Waals surface area contributed by atoms with Gasteiger partial charge in [-0.25, -0.2) is 9.97 Å². The van der Waals surface area contributed by atoms with Crippen molar-refractivity contribution in [1.82, 2.24) is 14.9 Å². The molecule has 0 aliphatic carbocycles. The maximum absolute atomic E-state index is 6.10. The maximum atomic E-state index is 6.10. The number of hydrogen-bond acceptors (Lipinski definition) is 5. The molecule has 0 spiro atoms. The number of rotatable bonds is 7. The number of benzene rings is 3. The Bertz CT molecular complexity index is 1330. The number of anilines is 1. The van der Waals surface area contributed by atoms with Crippen molar-refractivity contribution in [2.24, 2.45) is 0 Å². The molecule has 0 unspecified atom stereocenters. The molecule has 5 heteroatoms. The van der Waals surface area contributed by atoms with Gasteiger partial charge in [-0.3, -0.25) is 0 Å². The van der Waals surface area contributed by atoms with Crippen LogP contribution in [0.5, 0.6) is 0 Å². The molecule has 5 rings (SSSR count). The predicted octanol–water partition coefficient (Wildman–Crippen LogP) is 6.07. The molecule has 0 aliphatic heterocycles. The molecule has 32 heavy (non-hydrogen) atoms. The zero-order valence-corrected chi connectivity index (χ0v) is 18.4. The van der Waals surface area contributed by atoms with Crippen LogP contribution in [-0.4, -0.2) is 42.1 Å². The van der Waals surface area contributed by atoms with E-state index >= 15 is 0 Å². The first-order valence-electron chi connectivity index (χ1n) is 10.9. The topological polar surface area (TPSA) is 54.2 Å². The van der Waals surface area contributed by atoms with Gasteiger partial charge in [-0.1, -0.05) is 60.7 Å². The summed E-state index contributed by atoms with van der Waals surface area (Å²) in [4.78, 5) is 12.1. The van der Waals surface area contributed by atoms with Crippen LogP contribution in [0.25, 0.3) is 44.6 Å². The van der Waals surface area contributed by atoms with Gasteiger partial charge in [0.25, 0.3) is 0 Å². The SMILES string of the molecule is CN(C)CCCNc1nc(-c2cc3ccccc3o2)nc2c(-c3ccccc3)cccc12. The molecule has 5 aromatic rings. The first-order chi connectivity index (χ1) is 15.7. The molecule has 1 N–H and O–H groups in total. The third kappa shape index (κ3) is 4.07. The van der Waals surface area contributed by atoms with Crippen molar-refractivity contribution >= 4 is 27.7 Å². The van der Waals surface area contributed by atoms with Crippen molar-refractivity contribution in [2.75, 3.05) is 32.5 Å². The van der Waals surface area contributed by atoms with E-state index in [0.29, 0.717) is 11.6 Å². The summed E-state index contributed by atoms with van der Waals surface area (Å²) in [6, 6.07) is 26.6. The largest absolute Gasteiger partial charge is 0.453 e. The average Bonchev–Trinajstić information content (AvgIpc) is 3.26. The van der Waals surface area contributed by atoms with E-state index in [0.717, 1.165) is 58.3 Å². The van der Waals surface area contributed by atoms with E-state index < -0.39 is 0 Å². The van der Waals surface area contributed by atoms with Crippen LogP contribution in [-0.2, 0) is 0 Å². The fraction of sp³-hybridized carbons (Fsp3) is 0.185. The molecule has 3 aromatic carbocycles. The van der Waals surface area contributed by atoms with E-state index in [9.17, 15) is 0 Å². The van der Waals surface area contributed by atoms with Crippen LogP contribution in [0.3, 0.4) is 0 Å². The van der Waals surface area contributed by atoms with E-state index in [1.165, 1.54) is 0 Å². The maximum Gasteiger partial charge on any atom is 0.198 e. The van der Waals surface area contributed by atoms with Gasteiger partial charge in [0.05, 0.1) is 5.52 Å². The highest BCUT2D eigenvalue weighted by Crippen LogP contribution is 2.34. The Morgan fingerprint density at radius 1 is 0.875 bits per heavy atom. The van der Waals surface area contributed by atoms with Gasteiger partial charge in [0.2, 0.25) is 0 Å². The molecule has 0 saturated carbocycles. The molecule has 160 valence electrons. The lowest BCUT2D eigenvalue weighted by molar-refractivity contribution is 0.405. The van der Waals surface area contributed by atoms with Crippen LogP contribution in [0.1, 0.15) is 6.42 Å². The first kappa shape index (κ1) is 20.2. The Morgan fingerprint density at radius 2 is 1.69 bits per heavy atom. The number of fused-ring (bicyclic) bond motifs is 2. The van der Waals surface area contributed by atoms with Gasteiger partial charge >= 0.3 is 0 Å². The quantitative estimate of drug-likeness (QED) is 0.322. The molecule has 0 radical (unpaired) electrons. The third-order valence-electron chi connectivity index (χ3n) is 5.53. The zero-order valence-electron chi connectivity index (χ0n) is 18.4. The second kappa shape index (κ2) is 8.81. The lowest BCUT2D eigenvalue weighted by atomic mass is 10.0. The summed E-state index contributed by atoms with van der Waals surface area (Å²) in [5, 5.41) is 5.60. The van der Waals surface area contributed by atoms with Gasteiger partial charge in [0.15, 0.2) is 11.6 Å². The van der Waals surface area contributed by atoms with Crippen molar-refractivity contribution in [2.45, 2.75) is 6.42 Å². The second-order valence-electron chi connectivity index (χ2n) is 8.20. The zero-order chi connectivity index (χ0) is 21.9. The fourth-order valence-electron chi connectivity index (χ4n) is 3.94. The summed E-state index contributed by atoms with van der Waals surface area (Å²) >= 11 is 0. The summed E-state index contributed by atoms with van der Waals surface area (Å²) in [7, 11) is 4.18. The smallest absolute Gasteiger partial charge is 0.198 e. The summed E-state index contributed by atoms with van der Waals surface area (Å²) in [5.41, 5.74) is 3.97. The first-order valence-corrected chi connectivity index (χ1v) is 10.9. The molecule has 0 bridgehead atoms. The minimum atomic E-state index is 0.590. The molecular weight excluding hydrogens is 396 g/mol. The highest BCUT2D eigenvalue weighted by atomic mass is 16.3. The van der Waals surface area contributed by atoms with Gasteiger partial charge in [0.1, 0.15) is 11.4 Å². The number of furan rings is 1. The highest BCUT2D eigenvalue weighted by molar-refractivity contribution is 6.00. The van der Waals surface area contributed by atoms with E-state index in [-0.39, 0.29) is 0 Å². The Morgan fingerprint density at radius 3 is 2.50 bits per heavy atom. The average molecular weight is 423 g/mol. The van der Waals surface area contributed by atoms with Gasteiger partial charge in [-0.15, -0.1) is 0 Å². The van der Waals surface area contributed by atoms with E-state index in [1.54, 1.807) is 0 Å². The van der Waals surface area contributed by atoms with Gasteiger partial charge in [-0.05, 0) is 50.8 Å². The number of hydrogen-bond donors (Lipinski definition) is 1. The third-order valence-corrected chi connectivity index (χ3v) is 5.53. The fourth-order valence-corrected chi connectivity index (χ4v) is 3.94.